The maximum absolute atomic E-state index is 13.3. The molecule has 212 valence electrons. The SMILES string of the molecule is Cc1nn2c(=O)c(C(=O)NC3CC3)c(O)n(CC(C)(C)C)c2c1/C=C/C(=O)N1CCN(C2CC(F)(F)C2)CC1. The van der Waals surface area contributed by atoms with E-state index >= 15 is 0 Å². The molecule has 2 saturated carbocycles. The zero-order valence-electron chi connectivity index (χ0n) is 22.8. The van der Waals surface area contributed by atoms with Crippen LogP contribution in [0.1, 0.15) is 68.1 Å². The second-order valence-electron chi connectivity index (χ2n) is 12.2. The minimum atomic E-state index is -2.57. The number of nitrogens with zero attached hydrogens (tertiary/aromatic N) is 5. The molecule has 0 atom stereocenters. The highest BCUT2D eigenvalue weighted by Gasteiger charge is 2.48. The summed E-state index contributed by atoms with van der Waals surface area (Å²) in [6.45, 7) is 9.86. The quantitative estimate of drug-likeness (QED) is 0.539. The number of halogens is 2. The summed E-state index contributed by atoms with van der Waals surface area (Å²) in [4.78, 5) is 42.9. The molecule has 0 bridgehead atoms. The number of amides is 2. The number of hydrogen-bond donors (Lipinski definition) is 2. The van der Waals surface area contributed by atoms with Gasteiger partial charge in [-0.1, -0.05) is 20.8 Å². The van der Waals surface area contributed by atoms with Gasteiger partial charge in [0, 0.05) is 69.3 Å². The Labute approximate surface area is 225 Å². The minimum absolute atomic E-state index is 0.00320. The molecule has 0 unspecified atom stereocenters. The molecular formula is C27H36F2N6O4. The molecule has 10 nitrogen and oxygen atoms in total. The molecular weight excluding hydrogens is 510 g/mol. The molecule has 3 heterocycles. The first-order valence-electron chi connectivity index (χ1n) is 13.5. The van der Waals surface area contributed by atoms with Gasteiger partial charge in [-0.25, -0.2) is 8.78 Å². The Kier molecular flexibility index (Phi) is 6.80. The van der Waals surface area contributed by atoms with Crippen molar-refractivity contribution in [3.63, 3.8) is 0 Å². The standard InChI is InChI=1S/C27H36F2N6O4/c1-16-19(7-8-20(36)33-11-9-32(10-12-33)18-13-27(28,29)14-18)23-34(15-26(2,3)4)24(38)21(25(39)35(23)31-16)22(37)30-17-5-6-17/h7-8,17-18,38H,5-6,9-15H2,1-4H3,(H,30,37)/b8-7+. The van der Waals surface area contributed by atoms with Crippen LogP contribution >= 0.6 is 0 Å². The van der Waals surface area contributed by atoms with Crippen LogP contribution in [0.15, 0.2) is 10.9 Å². The molecule has 12 heteroatoms. The molecule has 2 aromatic heterocycles. The van der Waals surface area contributed by atoms with Gasteiger partial charge in [0.25, 0.3) is 17.4 Å². The summed E-state index contributed by atoms with van der Waals surface area (Å²) in [5, 5.41) is 18.3. The lowest BCUT2D eigenvalue weighted by Gasteiger charge is -2.46. The lowest BCUT2D eigenvalue weighted by atomic mass is 9.86. The van der Waals surface area contributed by atoms with Crippen LogP contribution in [-0.4, -0.2) is 85.1 Å². The highest BCUT2D eigenvalue weighted by atomic mass is 19.3. The molecule has 5 rings (SSSR count). The van der Waals surface area contributed by atoms with Crippen LogP contribution in [0, 0.1) is 12.3 Å². The summed E-state index contributed by atoms with van der Waals surface area (Å²) in [7, 11) is 0. The van der Waals surface area contributed by atoms with Crippen LogP contribution in [0.3, 0.4) is 0 Å². The van der Waals surface area contributed by atoms with E-state index in [1.165, 1.54) is 10.6 Å². The van der Waals surface area contributed by atoms with Crippen molar-refractivity contribution in [2.45, 2.75) is 77.9 Å². The van der Waals surface area contributed by atoms with E-state index in [0.29, 0.717) is 43.1 Å². The molecule has 2 aromatic rings. The van der Waals surface area contributed by atoms with Gasteiger partial charge < -0.3 is 15.3 Å². The van der Waals surface area contributed by atoms with E-state index in [2.05, 4.69) is 10.4 Å². The molecule has 1 saturated heterocycles. The predicted molar refractivity (Wildman–Crippen MR) is 141 cm³/mol. The van der Waals surface area contributed by atoms with Gasteiger partial charge in [0.2, 0.25) is 11.8 Å². The number of aromatic nitrogens is 3. The van der Waals surface area contributed by atoms with Gasteiger partial charge in [0.1, 0.15) is 5.65 Å². The second-order valence-corrected chi connectivity index (χ2v) is 12.2. The lowest BCUT2D eigenvalue weighted by Crippen LogP contribution is -2.57. The van der Waals surface area contributed by atoms with Crippen molar-refractivity contribution in [2.24, 2.45) is 5.41 Å². The lowest BCUT2D eigenvalue weighted by molar-refractivity contribution is -0.139. The number of aromatic hydroxyl groups is 1. The molecule has 0 spiro atoms. The number of hydrogen-bond acceptors (Lipinski definition) is 6. The van der Waals surface area contributed by atoms with Crippen molar-refractivity contribution in [1.29, 1.82) is 0 Å². The fraction of sp³-hybridized carbons (Fsp3) is 0.630. The summed E-state index contributed by atoms with van der Waals surface area (Å²) >= 11 is 0. The first-order chi connectivity index (χ1) is 18.2. The monoisotopic (exact) mass is 546 g/mol. The number of nitrogens with one attached hydrogen (secondary N) is 1. The van der Waals surface area contributed by atoms with Crippen LogP contribution in [0.25, 0.3) is 11.7 Å². The summed E-state index contributed by atoms with van der Waals surface area (Å²) in [6, 6.07) is -0.124. The summed E-state index contributed by atoms with van der Waals surface area (Å²) in [5.74, 6) is -3.87. The largest absolute Gasteiger partial charge is 0.494 e. The Bertz CT molecular complexity index is 1390. The molecule has 0 radical (unpaired) electrons. The summed E-state index contributed by atoms with van der Waals surface area (Å²) in [5.41, 5.74) is -0.144. The number of rotatable bonds is 6. The second kappa shape index (κ2) is 9.72. The molecule has 2 aliphatic carbocycles. The predicted octanol–water partition coefficient (Wildman–Crippen LogP) is 2.40. The number of aryl methyl sites for hydroxylation is 1. The number of fused-ring (bicyclic) bond motifs is 1. The zero-order chi connectivity index (χ0) is 28.3. The van der Waals surface area contributed by atoms with Gasteiger partial charge in [-0.3, -0.25) is 23.9 Å². The van der Waals surface area contributed by atoms with Gasteiger partial charge >= 0.3 is 0 Å². The molecule has 3 aliphatic rings. The summed E-state index contributed by atoms with van der Waals surface area (Å²) in [6.07, 6.45) is 4.42. The Morgan fingerprint density at radius 2 is 1.79 bits per heavy atom. The van der Waals surface area contributed by atoms with Crippen molar-refractivity contribution in [2.75, 3.05) is 26.2 Å². The number of carbonyl (C=O) groups excluding carboxylic acids is 2. The van der Waals surface area contributed by atoms with Crippen molar-refractivity contribution in [3.05, 3.63) is 33.3 Å². The number of carbonyl (C=O) groups is 2. The van der Waals surface area contributed by atoms with Gasteiger partial charge in [-0.2, -0.15) is 9.61 Å². The van der Waals surface area contributed by atoms with E-state index in [4.69, 9.17) is 0 Å². The van der Waals surface area contributed by atoms with E-state index < -0.39 is 23.3 Å². The van der Waals surface area contributed by atoms with E-state index in [1.54, 1.807) is 17.9 Å². The van der Waals surface area contributed by atoms with Gasteiger partial charge in [0.15, 0.2) is 5.56 Å². The number of piperazine rings is 1. The zero-order valence-corrected chi connectivity index (χ0v) is 22.8. The third kappa shape index (κ3) is 5.57. The fourth-order valence-corrected chi connectivity index (χ4v) is 5.32. The van der Waals surface area contributed by atoms with Gasteiger partial charge in [-0.15, -0.1) is 0 Å². The molecule has 3 fully saturated rings. The first-order valence-corrected chi connectivity index (χ1v) is 13.5. The maximum atomic E-state index is 13.3. The Morgan fingerprint density at radius 1 is 1.15 bits per heavy atom. The van der Waals surface area contributed by atoms with Crippen LogP contribution in [-0.2, 0) is 11.3 Å². The van der Waals surface area contributed by atoms with Crippen LogP contribution in [0.4, 0.5) is 8.78 Å². The van der Waals surface area contributed by atoms with Gasteiger partial charge in [-0.05, 0) is 31.3 Å². The van der Waals surface area contributed by atoms with Crippen LogP contribution < -0.4 is 10.9 Å². The average Bonchev–Trinajstić information content (AvgIpc) is 3.58. The van der Waals surface area contributed by atoms with Crippen LogP contribution in [0.5, 0.6) is 5.88 Å². The third-order valence-corrected chi connectivity index (χ3v) is 7.60. The highest BCUT2D eigenvalue weighted by molar-refractivity contribution is 5.97. The Balaban J connectivity index is 1.42. The van der Waals surface area contributed by atoms with Gasteiger partial charge in [0.05, 0.1) is 5.69 Å². The number of alkyl halides is 2. The van der Waals surface area contributed by atoms with E-state index in [0.717, 1.165) is 17.4 Å². The minimum Gasteiger partial charge on any atom is -0.494 e. The first kappa shape index (κ1) is 27.3. The molecule has 39 heavy (non-hydrogen) atoms. The topological polar surface area (TPSA) is 112 Å². The van der Waals surface area contributed by atoms with Crippen molar-refractivity contribution in [1.82, 2.24) is 29.3 Å². The van der Waals surface area contributed by atoms with Crippen molar-refractivity contribution >= 4 is 23.5 Å². The van der Waals surface area contributed by atoms with E-state index in [1.807, 2.05) is 25.7 Å². The highest BCUT2D eigenvalue weighted by Crippen LogP contribution is 2.40. The maximum Gasteiger partial charge on any atom is 0.291 e. The van der Waals surface area contributed by atoms with E-state index in [9.17, 15) is 28.3 Å². The fourth-order valence-electron chi connectivity index (χ4n) is 5.32. The third-order valence-electron chi connectivity index (χ3n) is 7.60. The van der Waals surface area contributed by atoms with Crippen molar-refractivity contribution < 1.29 is 23.5 Å². The normalized spacial score (nSPS) is 20.5. The van der Waals surface area contributed by atoms with Crippen molar-refractivity contribution in [3.8, 4) is 5.88 Å². The Hall–Kier alpha value is -3.28. The smallest absolute Gasteiger partial charge is 0.291 e. The van der Waals surface area contributed by atoms with Crippen LogP contribution in [0.2, 0.25) is 0 Å². The summed E-state index contributed by atoms with van der Waals surface area (Å²) < 4.78 is 29.1. The molecule has 2 N–H and O–H groups in total. The van der Waals surface area contributed by atoms with E-state index in [-0.39, 0.29) is 48.4 Å². The molecule has 2 amide bonds. The Morgan fingerprint density at radius 3 is 2.36 bits per heavy atom. The molecule has 1 aliphatic heterocycles. The average molecular weight is 547 g/mol. The molecule has 0 aromatic carbocycles.